The highest BCUT2D eigenvalue weighted by atomic mass is 32.2. The van der Waals surface area contributed by atoms with Gasteiger partial charge in [-0.2, -0.15) is 0 Å². The molecule has 1 aliphatic carbocycles. The van der Waals surface area contributed by atoms with Crippen LogP contribution in [0.1, 0.15) is 46.0 Å². The number of anilines is 1. The van der Waals surface area contributed by atoms with Crippen molar-refractivity contribution >= 4 is 15.8 Å². The van der Waals surface area contributed by atoms with Crippen LogP contribution in [0.5, 0.6) is 0 Å². The summed E-state index contributed by atoms with van der Waals surface area (Å²) < 4.78 is 27.7. The molecule has 1 saturated carbocycles. The Hall–Kier alpha value is -1.14. The van der Waals surface area contributed by atoms with Gasteiger partial charge in [0.25, 0.3) is 0 Å². The molecule has 0 saturated heterocycles. The van der Waals surface area contributed by atoms with E-state index in [4.69, 9.17) is 0 Å². The lowest BCUT2D eigenvalue weighted by atomic mass is 9.84. The highest BCUT2D eigenvalue weighted by Crippen LogP contribution is 2.40. The van der Waals surface area contributed by atoms with Crippen molar-refractivity contribution in [2.75, 3.05) is 18.4 Å². The number of nitrogens with one attached hydrogen (secondary N) is 2. The van der Waals surface area contributed by atoms with Gasteiger partial charge in [-0.15, -0.1) is 0 Å². The number of aromatic nitrogens is 1. The minimum absolute atomic E-state index is 0.143. The molecule has 1 aliphatic rings. The van der Waals surface area contributed by atoms with E-state index >= 15 is 0 Å². The Morgan fingerprint density at radius 2 is 2.00 bits per heavy atom. The average molecular weight is 311 g/mol. The molecule has 118 valence electrons. The maximum Gasteiger partial charge on any atom is 0.240 e. The molecule has 0 unspecified atom stereocenters. The number of sulfonamides is 1. The number of hydrogen-bond donors (Lipinski definition) is 2. The van der Waals surface area contributed by atoms with Crippen molar-refractivity contribution in [3.63, 3.8) is 0 Å². The second-order valence-corrected chi connectivity index (χ2v) is 7.56. The minimum atomic E-state index is -3.47. The van der Waals surface area contributed by atoms with Gasteiger partial charge in [0.1, 0.15) is 5.82 Å². The fraction of sp³-hybridized carbons (Fsp3) is 0.667. The van der Waals surface area contributed by atoms with E-state index < -0.39 is 10.0 Å². The second kappa shape index (κ2) is 6.75. The zero-order valence-corrected chi connectivity index (χ0v) is 13.7. The first-order valence-corrected chi connectivity index (χ1v) is 9.19. The van der Waals surface area contributed by atoms with Crippen molar-refractivity contribution in [3.8, 4) is 0 Å². The molecule has 5 nitrogen and oxygen atoms in total. The average Bonchev–Trinajstić information content (AvgIpc) is 2.96. The molecule has 0 bridgehead atoms. The zero-order valence-electron chi connectivity index (χ0n) is 12.9. The Balaban J connectivity index is 2.09. The second-order valence-electron chi connectivity index (χ2n) is 5.79. The first-order chi connectivity index (χ1) is 10.0. The van der Waals surface area contributed by atoms with Crippen LogP contribution in [0.15, 0.2) is 23.2 Å². The van der Waals surface area contributed by atoms with Crippen molar-refractivity contribution in [2.24, 2.45) is 5.41 Å². The van der Waals surface area contributed by atoms with Crippen LogP contribution in [-0.2, 0) is 10.0 Å². The van der Waals surface area contributed by atoms with Gasteiger partial charge in [0.2, 0.25) is 10.0 Å². The molecule has 1 fully saturated rings. The van der Waals surface area contributed by atoms with Crippen LogP contribution in [0, 0.1) is 5.41 Å². The van der Waals surface area contributed by atoms with Gasteiger partial charge in [0.05, 0.1) is 4.90 Å². The fourth-order valence-corrected chi connectivity index (χ4v) is 4.14. The van der Waals surface area contributed by atoms with Gasteiger partial charge < -0.3 is 5.32 Å². The summed E-state index contributed by atoms with van der Waals surface area (Å²) in [6.07, 6.45) is 7.19. The maximum atomic E-state index is 12.4. The van der Waals surface area contributed by atoms with Crippen molar-refractivity contribution in [1.82, 2.24) is 9.71 Å². The predicted octanol–water partition coefficient (Wildman–Crippen LogP) is 2.76. The van der Waals surface area contributed by atoms with E-state index in [1.807, 2.05) is 6.92 Å². The Bertz CT molecular complexity index is 566. The van der Waals surface area contributed by atoms with Crippen LogP contribution in [-0.4, -0.2) is 26.5 Å². The standard InChI is InChI=1S/C15H25N3O2S/c1-3-15(8-5-6-9-15)12-18-21(19,20)13-7-10-17-14(11-13)16-4-2/h7,10-11,18H,3-6,8-9,12H2,1-2H3,(H,16,17). The van der Waals surface area contributed by atoms with Gasteiger partial charge in [0.15, 0.2) is 0 Å². The smallest absolute Gasteiger partial charge is 0.240 e. The van der Waals surface area contributed by atoms with Crippen molar-refractivity contribution in [3.05, 3.63) is 18.3 Å². The van der Waals surface area contributed by atoms with Gasteiger partial charge in [0, 0.05) is 25.4 Å². The molecular formula is C15H25N3O2S. The SMILES string of the molecule is CCNc1cc(S(=O)(=O)NCC2(CC)CCCC2)ccn1. The van der Waals surface area contributed by atoms with E-state index in [2.05, 4.69) is 21.9 Å². The molecule has 6 heteroatoms. The normalized spacial score (nSPS) is 17.8. The summed E-state index contributed by atoms with van der Waals surface area (Å²) in [5.74, 6) is 0.589. The van der Waals surface area contributed by atoms with E-state index in [0.717, 1.165) is 19.3 Å². The van der Waals surface area contributed by atoms with E-state index in [9.17, 15) is 8.42 Å². The zero-order chi connectivity index (χ0) is 15.3. The van der Waals surface area contributed by atoms with Crippen molar-refractivity contribution < 1.29 is 8.42 Å². The third-order valence-electron chi connectivity index (χ3n) is 4.45. The quantitative estimate of drug-likeness (QED) is 0.812. The lowest BCUT2D eigenvalue weighted by molar-refractivity contribution is 0.285. The van der Waals surface area contributed by atoms with Crippen LogP contribution in [0.3, 0.4) is 0 Å². The molecule has 0 aromatic carbocycles. The molecular weight excluding hydrogens is 286 g/mol. The molecule has 0 radical (unpaired) electrons. The molecule has 1 aromatic heterocycles. The Morgan fingerprint density at radius 1 is 1.29 bits per heavy atom. The molecule has 2 rings (SSSR count). The van der Waals surface area contributed by atoms with E-state index in [1.165, 1.54) is 25.1 Å². The summed E-state index contributed by atoms with van der Waals surface area (Å²) in [5, 5.41) is 3.03. The fourth-order valence-electron chi connectivity index (χ4n) is 2.97. The molecule has 0 aliphatic heterocycles. The number of rotatable bonds is 7. The van der Waals surface area contributed by atoms with Crippen LogP contribution in [0.25, 0.3) is 0 Å². The van der Waals surface area contributed by atoms with Gasteiger partial charge in [-0.05, 0) is 37.7 Å². The van der Waals surface area contributed by atoms with Crippen LogP contribution < -0.4 is 10.0 Å². The summed E-state index contributed by atoms with van der Waals surface area (Å²) in [5.41, 5.74) is 0.143. The third-order valence-corrected chi connectivity index (χ3v) is 5.85. The predicted molar refractivity (Wildman–Crippen MR) is 84.8 cm³/mol. The van der Waals surface area contributed by atoms with Crippen LogP contribution in [0.4, 0.5) is 5.82 Å². The summed E-state index contributed by atoms with van der Waals surface area (Å²) in [6.45, 7) is 5.34. The number of nitrogens with zero attached hydrogens (tertiary/aromatic N) is 1. The van der Waals surface area contributed by atoms with Gasteiger partial charge in [-0.25, -0.2) is 18.1 Å². The largest absolute Gasteiger partial charge is 0.370 e. The maximum absolute atomic E-state index is 12.4. The lowest BCUT2D eigenvalue weighted by Crippen LogP contribution is -2.35. The molecule has 0 atom stereocenters. The van der Waals surface area contributed by atoms with E-state index in [1.54, 1.807) is 6.07 Å². The third kappa shape index (κ3) is 3.95. The van der Waals surface area contributed by atoms with Gasteiger partial charge >= 0.3 is 0 Å². The van der Waals surface area contributed by atoms with E-state index in [0.29, 0.717) is 18.9 Å². The monoisotopic (exact) mass is 311 g/mol. The van der Waals surface area contributed by atoms with E-state index in [-0.39, 0.29) is 10.3 Å². The summed E-state index contributed by atoms with van der Waals surface area (Å²) >= 11 is 0. The first-order valence-electron chi connectivity index (χ1n) is 7.71. The number of pyridine rings is 1. The van der Waals surface area contributed by atoms with Gasteiger partial charge in [-0.1, -0.05) is 19.8 Å². The van der Waals surface area contributed by atoms with Crippen molar-refractivity contribution in [1.29, 1.82) is 0 Å². The van der Waals surface area contributed by atoms with Crippen LogP contribution >= 0.6 is 0 Å². The van der Waals surface area contributed by atoms with Crippen molar-refractivity contribution in [2.45, 2.75) is 50.8 Å². The molecule has 21 heavy (non-hydrogen) atoms. The molecule has 1 heterocycles. The Labute approximate surface area is 127 Å². The highest BCUT2D eigenvalue weighted by Gasteiger charge is 2.33. The number of hydrogen-bond acceptors (Lipinski definition) is 4. The molecule has 0 amide bonds. The topological polar surface area (TPSA) is 71.1 Å². The first kappa shape index (κ1) is 16.2. The summed E-state index contributed by atoms with van der Waals surface area (Å²) in [4.78, 5) is 4.38. The minimum Gasteiger partial charge on any atom is -0.370 e. The van der Waals surface area contributed by atoms with Crippen LogP contribution in [0.2, 0.25) is 0 Å². The summed E-state index contributed by atoms with van der Waals surface area (Å²) in [6, 6.07) is 3.12. The lowest BCUT2D eigenvalue weighted by Gasteiger charge is -2.27. The molecule has 1 aromatic rings. The Kier molecular flexibility index (Phi) is 5.22. The highest BCUT2D eigenvalue weighted by molar-refractivity contribution is 7.89. The molecule has 2 N–H and O–H groups in total. The van der Waals surface area contributed by atoms with Gasteiger partial charge in [-0.3, -0.25) is 0 Å². The molecule has 0 spiro atoms. The summed E-state index contributed by atoms with van der Waals surface area (Å²) in [7, 11) is -3.47. The Morgan fingerprint density at radius 3 is 2.62 bits per heavy atom.